The molecule has 1 aliphatic rings. The van der Waals surface area contributed by atoms with Gasteiger partial charge in [0.1, 0.15) is 5.75 Å². The minimum absolute atomic E-state index is 0.0150. The Morgan fingerprint density at radius 2 is 2.08 bits per heavy atom. The third-order valence-electron chi connectivity index (χ3n) is 4.11. The summed E-state index contributed by atoms with van der Waals surface area (Å²) in [5.41, 5.74) is 1.43. The predicted molar refractivity (Wildman–Crippen MR) is 88.6 cm³/mol. The number of carbonyl (C=O) groups excluding carboxylic acids is 2. The number of hydrogen-bond acceptors (Lipinski definition) is 4. The summed E-state index contributed by atoms with van der Waals surface area (Å²) in [6, 6.07) is 10.2. The SMILES string of the molecule is COc1ccc(C(=O)N[C@H]2CCC(=O)N[C@H]2c2cccnc2)cc1. The molecule has 1 fully saturated rings. The number of carbonyl (C=O) groups is 2. The van der Waals surface area contributed by atoms with Crippen LogP contribution in [0.4, 0.5) is 0 Å². The van der Waals surface area contributed by atoms with E-state index in [0.717, 1.165) is 5.56 Å². The molecule has 24 heavy (non-hydrogen) atoms. The lowest BCUT2D eigenvalue weighted by Crippen LogP contribution is -2.50. The molecule has 1 aromatic heterocycles. The van der Waals surface area contributed by atoms with Gasteiger partial charge in [-0.1, -0.05) is 6.07 Å². The highest BCUT2D eigenvalue weighted by atomic mass is 16.5. The molecule has 6 nitrogen and oxygen atoms in total. The molecule has 2 heterocycles. The summed E-state index contributed by atoms with van der Waals surface area (Å²) in [6.07, 6.45) is 4.37. The third kappa shape index (κ3) is 3.53. The van der Waals surface area contributed by atoms with Gasteiger partial charge in [0.05, 0.1) is 19.2 Å². The summed E-state index contributed by atoms with van der Waals surface area (Å²) in [6.45, 7) is 0. The fourth-order valence-electron chi connectivity index (χ4n) is 2.82. The van der Waals surface area contributed by atoms with Crippen molar-refractivity contribution in [2.24, 2.45) is 0 Å². The highest BCUT2D eigenvalue weighted by Crippen LogP contribution is 2.24. The standard InChI is InChI=1S/C18H19N3O3/c1-24-14-6-4-12(5-7-14)18(23)20-15-8-9-16(22)21-17(15)13-3-2-10-19-11-13/h2-7,10-11,15,17H,8-9H2,1H3,(H,20,23)(H,21,22)/t15-,17-/m0/s1. The van der Waals surface area contributed by atoms with Gasteiger partial charge < -0.3 is 15.4 Å². The molecule has 2 atom stereocenters. The molecule has 0 bridgehead atoms. The molecule has 0 spiro atoms. The van der Waals surface area contributed by atoms with E-state index in [1.165, 1.54) is 0 Å². The van der Waals surface area contributed by atoms with Gasteiger partial charge in [-0.25, -0.2) is 0 Å². The Bertz CT molecular complexity index is 716. The fourth-order valence-corrected chi connectivity index (χ4v) is 2.82. The summed E-state index contributed by atoms with van der Waals surface area (Å²) in [7, 11) is 1.58. The van der Waals surface area contributed by atoms with Gasteiger partial charge >= 0.3 is 0 Å². The Morgan fingerprint density at radius 1 is 1.29 bits per heavy atom. The first-order chi connectivity index (χ1) is 11.7. The number of nitrogens with one attached hydrogen (secondary N) is 2. The monoisotopic (exact) mass is 325 g/mol. The van der Waals surface area contributed by atoms with Crippen LogP contribution in [-0.4, -0.2) is 29.9 Å². The van der Waals surface area contributed by atoms with E-state index < -0.39 is 0 Å². The first kappa shape index (κ1) is 16.0. The van der Waals surface area contributed by atoms with E-state index in [2.05, 4.69) is 15.6 Å². The van der Waals surface area contributed by atoms with E-state index in [-0.39, 0.29) is 23.9 Å². The average molecular weight is 325 g/mol. The van der Waals surface area contributed by atoms with Crippen molar-refractivity contribution in [3.8, 4) is 5.75 Å². The lowest BCUT2D eigenvalue weighted by molar-refractivity contribution is -0.123. The van der Waals surface area contributed by atoms with Gasteiger partial charge in [-0.05, 0) is 42.3 Å². The minimum atomic E-state index is -0.276. The Labute approximate surface area is 140 Å². The molecule has 1 aromatic carbocycles. The van der Waals surface area contributed by atoms with Crippen molar-refractivity contribution in [3.63, 3.8) is 0 Å². The lowest BCUT2D eigenvalue weighted by Gasteiger charge is -2.33. The molecule has 124 valence electrons. The zero-order chi connectivity index (χ0) is 16.9. The maximum atomic E-state index is 12.5. The molecule has 2 aromatic rings. The quantitative estimate of drug-likeness (QED) is 0.899. The number of ether oxygens (including phenoxy) is 1. The number of rotatable bonds is 4. The molecule has 2 N–H and O–H groups in total. The summed E-state index contributed by atoms with van der Waals surface area (Å²) >= 11 is 0. The van der Waals surface area contributed by atoms with Gasteiger partial charge in [-0.2, -0.15) is 0 Å². The van der Waals surface area contributed by atoms with E-state index in [1.807, 2.05) is 12.1 Å². The van der Waals surface area contributed by atoms with Gasteiger partial charge in [0.25, 0.3) is 5.91 Å². The van der Waals surface area contributed by atoms with Crippen LogP contribution >= 0.6 is 0 Å². The predicted octanol–water partition coefficient (Wildman–Crippen LogP) is 1.84. The Morgan fingerprint density at radius 3 is 2.75 bits per heavy atom. The molecule has 6 heteroatoms. The van der Waals surface area contributed by atoms with Crippen LogP contribution in [0.3, 0.4) is 0 Å². The number of methoxy groups -OCH3 is 1. The smallest absolute Gasteiger partial charge is 0.251 e. The van der Waals surface area contributed by atoms with Gasteiger partial charge in [-0.3, -0.25) is 14.6 Å². The summed E-state index contributed by atoms with van der Waals surface area (Å²) in [5, 5.41) is 5.96. The second-order valence-electron chi connectivity index (χ2n) is 5.68. The van der Waals surface area contributed by atoms with E-state index in [1.54, 1.807) is 43.8 Å². The zero-order valence-electron chi connectivity index (χ0n) is 13.4. The molecular formula is C18H19N3O3. The van der Waals surface area contributed by atoms with Crippen molar-refractivity contribution in [1.29, 1.82) is 0 Å². The number of aromatic nitrogens is 1. The lowest BCUT2D eigenvalue weighted by atomic mass is 9.92. The molecule has 0 radical (unpaired) electrons. The van der Waals surface area contributed by atoms with Gasteiger partial charge in [-0.15, -0.1) is 0 Å². The summed E-state index contributed by atoms with van der Waals surface area (Å²) in [5.74, 6) is 0.510. The number of hydrogen-bond donors (Lipinski definition) is 2. The number of nitrogens with zero attached hydrogens (tertiary/aromatic N) is 1. The van der Waals surface area contributed by atoms with Crippen LogP contribution in [0.25, 0.3) is 0 Å². The molecule has 1 saturated heterocycles. The van der Waals surface area contributed by atoms with Crippen LogP contribution in [0.15, 0.2) is 48.8 Å². The van der Waals surface area contributed by atoms with E-state index >= 15 is 0 Å². The van der Waals surface area contributed by atoms with Gasteiger partial charge in [0.15, 0.2) is 0 Å². The van der Waals surface area contributed by atoms with E-state index in [0.29, 0.717) is 24.2 Å². The number of benzene rings is 1. The van der Waals surface area contributed by atoms with Crippen molar-refractivity contribution in [2.45, 2.75) is 24.9 Å². The zero-order valence-corrected chi connectivity index (χ0v) is 13.4. The number of pyridine rings is 1. The normalized spacial score (nSPS) is 20.1. The van der Waals surface area contributed by atoms with Gasteiger partial charge in [0, 0.05) is 24.4 Å². The fraction of sp³-hybridized carbons (Fsp3) is 0.278. The van der Waals surface area contributed by atoms with Crippen LogP contribution < -0.4 is 15.4 Å². The molecular weight excluding hydrogens is 306 g/mol. The third-order valence-corrected chi connectivity index (χ3v) is 4.11. The van der Waals surface area contributed by atoms with Crippen LogP contribution in [0, 0.1) is 0 Å². The molecule has 0 aliphatic carbocycles. The molecule has 2 amide bonds. The maximum absolute atomic E-state index is 12.5. The highest BCUT2D eigenvalue weighted by Gasteiger charge is 2.31. The van der Waals surface area contributed by atoms with Crippen molar-refractivity contribution < 1.29 is 14.3 Å². The average Bonchev–Trinajstić information content (AvgIpc) is 2.64. The molecule has 0 unspecified atom stereocenters. The van der Waals surface area contributed by atoms with E-state index in [4.69, 9.17) is 4.74 Å². The van der Waals surface area contributed by atoms with Crippen molar-refractivity contribution in [2.75, 3.05) is 7.11 Å². The summed E-state index contributed by atoms with van der Waals surface area (Å²) in [4.78, 5) is 28.3. The van der Waals surface area contributed by atoms with Crippen LogP contribution in [0.2, 0.25) is 0 Å². The van der Waals surface area contributed by atoms with Gasteiger partial charge in [0.2, 0.25) is 5.91 Å². The molecule has 0 saturated carbocycles. The summed E-state index contributed by atoms with van der Waals surface area (Å²) < 4.78 is 5.10. The molecule has 3 rings (SSSR count). The second-order valence-corrected chi connectivity index (χ2v) is 5.68. The minimum Gasteiger partial charge on any atom is -0.497 e. The first-order valence-corrected chi connectivity index (χ1v) is 7.81. The van der Waals surface area contributed by atoms with Crippen molar-refractivity contribution in [1.82, 2.24) is 15.6 Å². The number of piperidine rings is 1. The second kappa shape index (κ2) is 7.12. The van der Waals surface area contributed by atoms with Crippen LogP contribution in [0.1, 0.15) is 34.8 Å². The Kier molecular flexibility index (Phi) is 4.74. The van der Waals surface area contributed by atoms with Crippen LogP contribution in [0.5, 0.6) is 5.75 Å². The Balaban J connectivity index is 1.75. The van der Waals surface area contributed by atoms with E-state index in [9.17, 15) is 9.59 Å². The van der Waals surface area contributed by atoms with Crippen LogP contribution in [-0.2, 0) is 4.79 Å². The first-order valence-electron chi connectivity index (χ1n) is 7.81. The van der Waals surface area contributed by atoms with Crippen molar-refractivity contribution in [3.05, 3.63) is 59.9 Å². The van der Waals surface area contributed by atoms with Crippen molar-refractivity contribution >= 4 is 11.8 Å². The highest BCUT2D eigenvalue weighted by molar-refractivity contribution is 5.94. The molecule has 1 aliphatic heterocycles. The number of amides is 2. The largest absolute Gasteiger partial charge is 0.497 e. The Hall–Kier alpha value is -2.89. The topological polar surface area (TPSA) is 80.3 Å². The maximum Gasteiger partial charge on any atom is 0.251 e.